The van der Waals surface area contributed by atoms with Crippen molar-refractivity contribution in [2.75, 3.05) is 30.4 Å². The quantitative estimate of drug-likeness (QED) is 0.935. The van der Waals surface area contributed by atoms with Gasteiger partial charge >= 0.3 is 0 Å². The second-order valence-corrected chi connectivity index (χ2v) is 5.86. The second kappa shape index (κ2) is 7.77. The van der Waals surface area contributed by atoms with Crippen molar-refractivity contribution >= 4 is 17.4 Å². The smallest absolute Gasteiger partial charge is 0.276 e. The van der Waals surface area contributed by atoms with Crippen LogP contribution in [-0.4, -0.2) is 36.3 Å². The fraction of sp³-hybridized carbons (Fsp3) is 0.389. The number of methoxy groups -OCH3 is 1. The highest BCUT2D eigenvalue weighted by molar-refractivity contribution is 6.02. The van der Waals surface area contributed by atoms with E-state index >= 15 is 0 Å². The Hall–Kier alpha value is -2.63. The van der Waals surface area contributed by atoms with Crippen molar-refractivity contribution < 1.29 is 9.53 Å². The van der Waals surface area contributed by atoms with Crippen molar-refractivity contribution in [3.63, 3.8) is 0 Å². The number of anilines is 2. The Bertz CT molecular complexity index is 680. The van der Waals surface area contributed by atoms with E-state index in [-0.39, 0.29) is 5.91 Å². The summed E-state index contributed by atoms with van der Waals surface area (Å²) in [5.41, 5.74) is 0.967. The van der Waals surface area contributed by atoms with Gasteiger partial charge < -0.3 is 15.0 Å². The molecule has 0 bridgehead atoms. The maximum Gasteiger partial charge on any atom is 0.276 e. The van der Waals surface area contributed by atoms with Crippen LogP contribution >= 0.6 is 0 Å². The number of benzene rings is 1. The Balaban J connectivity index is 1.66. The summed E-state index contributed by atoms with van der Waals surface area (Å²) in [5, 5.41) is 11.1. The zero-order valence-electron chi connectivity index (χ0n) is 13.9. The van der Waals surface area contributed by atoms with Gasteiger partial charge in [0.25, 0.3) is 5.91 Å². The minimum atomic E-state index is -0.279. The van der Waals surface area contributed by atoms with Gasteiger partial charge in [0, 0.05) is 24.8 Å². The second-order valence-electron chi connectivity index (χ2n) is 5.86. The fourth-order valence-corrected chi connectivity index (χ4v) is 2.81. The number of nitrogens with zero attached hydrogens (tertiary/aromatic N) is 3. The van der Waals surface area contributed by atoms with Gasteiger partial charge in [0.05, 0.1) is 7.11 Å². The van der Waals surface area contributed by atoms with Gasteiger partial charge in [-0.25, -0.2) is 0 Å². The topological polar surface area (TPSA) is 67.3 Å². The molecule has 1 aliphatic rings. The molecule has 0 radical (unpaired) electrons. The number of carbonyl (C=O) groups excluding carboxylic acids is 1. The molecule has 2 aromatic rings. The molecule has 1 N–H and O–H groups in total. The third kappa shape index (κ3) is 4.01. The molecule has 1 fully saturated rings. The lowest BCUT2D eigenvalue weighted by molar-refractivity contribution is 0.102. The number of carbonyl (C=O) groups is 1. The normalized spacial score (nSPS) is 14.8. The van der Waals surface area contributed by atoms with E-state index in [1.165, 1.54) is 25.7 Å². The zero-order valence-corrected chi connectivity index (χ0v) is 13.9. The van der Waals surface area contributed by atoms with Crippen molar-refractivity contribution in [3.8, 4) is 5.75 Å². The molecule has 6 nitrogen and oxygen atoms in total. The summed E-state index contributed by atoms with van der Waals surface area (Å²) in [4.78, 5) is 14.5. The average molecular weight is 326 g/mol. The summed E-state index contributed by atoms with van der Waals surface area (Å²) in [6, 6.07) is 10.8. The van der Waals surface area contributed by atoms with Crippen LogP contribution in [0.1, 0.15) is 36.2 Å². The molecule has 6 heteroatoms. The Morgan fingerprint density at radius 2 is 1.88 bits per heavy atom. The summed E-state index contributed by atoms with van der Waals surface area (Å²) >= 11 is 0. The van der Waals surface area contributed by atoms with Gasteiger partial charge in [-0.05, 0) is 37.1 Å². The number of hydrogen-bond acceptors (Lipinski definition) is 5. The first-order valence-electron chi connectivity index (χ1n) is 8.30. The molecule has 1 aromatic heterocycles. The molecule has 0 aliphatic carbocycles. The molecule has 0 atom stereocenters. The summed E-state index contributed by atoms with van der Waals surface area (Å²) in [5.74, 6) is 1.25. The first-order chi connectivity index (χ1) is 11.8. The maximum atomic E-state index is 12.3. The third-order valence-electron chi connectivity index (χ3n) is 4.14. The fourth-order valence-electron chi connectivity index (χ4n) is 2.81. The Kier molecular flexibility index (Phi) is 5.25. The summed E-state index contributed by atoms with van der Waals surface area (Å²) < 4.78 is 5.15. The largest absolute Gasteiger partial charge is 0.497 e. The molecular weight excluding hydrogens is 304 g/mol. The SMILES string of the molecule is COc1cccc(NC(=O)c2ccc(N3CCCCCC3)nn2)c1. The van der Waals surface area contributed by atoms with Crippen molar-refractivity contribution in [1.29, 1.82) is 0 Å². The molecular formula is C18H22N4O2. The van der Waals surface area contributed by atoms with E-state index in [4.69, 9.17) is 4.74 Å². The summed E-state index contributed by atoms with van der Waals surface area (Å²) in [6.45, 7) is 2.01. The van der Waals surface area contributed by atoms with Crippen LogP contribution in [0.15, 0.2) is 36.4 Å². The number of amides is 1. The van der Waals surface area contributed by atoms with Crippen LogP contribution in [0.25, 0.3) is 0 Å². The number of hydrogen-bond donors (Lipinski definition) is 1. The van der Waals surface area contributed by atoms with Crippen LogP contribution in [0.5, 0.6) is 5.75 Å². The molecule has 1 amide bonds. The van der Waals surface area contributed by atoms with E-state index < -0.39 is 0 Å². The van der Waals surface area contributed by atoms with E-state index in [1.54, 1.807) is 25.3 Å². The van der Waals surface area contributed by atoms with Crippen molar-refractivity contribution in [1.82, 2.24) is 10.2 Å². The molecule has 0 spiro atoms. The summed E-state index contributed by atoms with van der Waals surface area (Å²) in [7, 11) is 1.59. The van der Waals surface area contributed by atoms with Crippen molar-refractivity contribution in [2.45, 2.75) is 25.7 Å². The van der Waals surface area contributed by atoms with Crippen LogP contribution in [-0.2, 0) is 0 Å². The van der Waals surface area contributed by atoms with Crippen molar-refractivity contribution in [2.24, 2.45) is 0 Å². The van der Waals surface area contributed by atoms with Crippen LogP contribution in [0.4, 0.5) is 11.5 Å². The molecule has 24 heavy (non-hydrogen) atoms. The lowest BCUT2D eigenvalue weighted by Crippen LogP contribution is -2.25. The highest BCUT2D eigenvalue weighted by atomic mass is 16.5. The lowest BCUT2D eigenvalue weighted by Gasteiger charge is -2.20. The predicted molar refractivity (Wildman–Crippen MR) is 93.7 cm³/mol. The number of nitrogens with one attached hydrogen (secondary N) is 1. The van der Waals surface area contributed by atoms with Gasteiger partial charge in [0.15, 0.2) is 11.5 Å². The van der Waals surface area contributed by atoms with Gasteiger partial charge in [-0.1, -0.05) is 18.9 Å². The minimum absolute atomic E-state index is 0.279. The zero-order chi connectivity index (χ0) is 16.8. The van der Waals surface area contributed by atoms with Gasteiger partial charge in [0.2, 0.25) is 0 Å². The van der Waals surface area contributed by atoms with Gasteiger partial charge in [-0.3, -0.25) is 4.79 Å². The highest BCUT2D eigenvalue weighted by Gasteiger charge is 2.14. The van der Waals surface area contributed by atoms with E-state index in [2.05, 4.69) is 20.4 Å². The molecule has 126 valence electrons. The first-order valence-corrected chi connectivity index (χ1v) is 8.30. The van der Waals surface area contributed by atoms with Crippen LogP contribution in [0, 0.1) is 0 Å². The van der Waals surface area contributed by atoms with Crippen LogP contribution in [0.3, 0.4) is 0 Å². The molecule has 0 unspecified atom stereocenters. The van der Waals surface area contributed by atoms with E-state index in [0.717, 1.165) is 18.9 Å². The Morgan fingerprint density at radius 1 is 1.08 bits per heavy atom. The predicted octanol–water partition coefficient (Wildman–Crippen LogP) is 3.12. The molecule has 1 aromatic carbocycles. The van der Waals surface area contributed by atoms with Gasteiger partial charge in [0.1, 0.15) is 5.75 Å². The average Bonchev–Trinajstić information content (AvgIpc) is 2.91. The first kappa shape index (κ1) is 16.2. The monoisotopic (exact) mass is 326 g/mol. The van der Waals surface area contributed by atoms with Gasteiger partial charge in [-0.15, -0.1) is 10.2 Å². The van der Waals surface area contributed by atoms with Crippen molar-refractivity contribution in [3.05, 3.63) is 42.1 Å². The number of aromatic nitrogens is 2. The molecule has 2 heterocycles. The Labute approximate surface area is 141 Å². The molecule has 1 saturated heterocycles. The third-order valence-corrected chi connectivity index (χ3v) is 4.14. The van der Waals surface area contributed by atoms with Gasteiger partial charge in [-0.2, -0.15) is 0 Å². The van der Waals surface area contributed by atoms with Crippen LogP contribution in [0.2, 0.25) is 0 Å². The number of ether oxygens (including phenoxy) is 1. The van der Waals surface area contributed by atoms with E-state index in [0.29, 0.717) is 17.1 Å². The van der Waals surface area contributed by atoms with Crippen LogP contribution < -0.4 is 15.0 Å². The van der Waals surface area contributed by atoms with E-state index in [9.17, 15) is 4.79 Å². The molecule has 0 saturated carbocycles. The minimum Gasteiger partial charge on any atom is -0.497 e. The molecule has 1 aliphatic heterocycles. The maximum absolute atomic E-state index is 12.3. The summed E-state index contributed by atoms with van der Waals surface area (Å²) in [6.07, 6.45) is 4.90. The molecule has 3 rings (SSSR count). The standard InChI is InChI=1S/C18H22N4O2/c1-24-15-8-6-7-14(13-15)19-18(23)16-9-10-17(21-20-16)22-11-4-2-3-5-12-22/h6-10,13H,2-5,11-12H2,1H3,(H,19,23). The lowest BCUT2D eigenvalue weighted by atomic mass is 10.2. The highest BCUT2D eigenvalue weighted by Crippen LogP contribution is 2.19. The van der Waals surface area contributed by atoms with E-state index in [1.807, 2.05) is 18.2 Å². The number of rotatable bonds is 4. The Morgan fingerprint density at radius 3 is 2.54 bits per heavy atom.